The van der Waals surface area contributed by atoms with E-state index in [1.165, 1.54) is 23.3 Å². The Kier molecular flexibility index (Phi) is 6.54. The molecule has 0 fully saturated rings. The van der Waals surface area contributed by atoms with Gasteiger partial charge in [-0.15, -0.1) is 11.3 Å². The molecule has 1 aliphatic carbocycles. The average Bonchev–Trinajstić information content (AvgIpc) is 2.95. The summed E-state index contributed by atoms with van der Waals surface area (Å²) in [6.45, 7) is 2.21. The fraction of sp³-hybridized carbons (Fsp3) is 0.333. The number of esters is 1. The lowest BCUT2D eigenvalue weighted by molar-refractivity contribution is 0.0601. The molecule has 9 heteroatoms. The number of ether oxygens (including phenoxy) is 1. The highest BCUT2D eigenvalue weighted by atomic mass is 35.5. The molecule has 4 nitrogen and oxygen atoms in total. The van der Waals surface area contributed by atoms with Crippen LogP contribution in [-0.2, 0) is 17.6 Å². The van der Waals surface area contributed by atoms with Crippen LogP contribution < -0.4 is 10.6 Å². The van der Waals surface area contributed by atoms with Crippen molar-refractivity contribution in [1.29, 1.82) is 0 Å². The van der Waals surface area contributed by atoms with E-state index < -0.39 is 0 Å². The number of carbonyl (C=O) groups is 1. The van der Waals surface area contributed by atoms with Crippen LogP contribution in [0.1, 0.15) is 34.1 Å². The van der Waals surface area contributed by atoms with Gasteiger partial charge in [-0.2, -0.15) is 0 Å². The summed E-state index contributed by atoms with van der Waals surface area (Å²) in [4.78, 5) is 13.6. The minimum Gasteiger partial charge on any atom is -0.465 e. The lowest BCUT2D eigenvalue weighted by Gasteiger charge is -2.18. The van der Waals surface area contributed by atoms with Crippen LogP contribution in [0.4, 0.5) is 10.7 Å². The first-order chi connectivity index (χ1) is 12.8. The first-order valence-electron chi connectivity index (χ1n) is 8.25. The fourth-order valence-corrected chi connectivity index (χ4v) is 5.31. The zero-order valence-corrected chi connectivity index (χ0v) is 18.5. The number of benzene rings is 1. The van der Waals surface area contributed by atoms with Gasteiger partial charge in [0.1, 0.15) is 5.00 Å². The lowest BCUT2D eigenvalue weighted by atomic mass is 9.88. The van der Waals surface area contributed by atoms with E-state index in [0.29, 0.717) is 42.4 Å². The highest BCUT2D eigenvalue weighted by Gasteiger charge is 2.28. The minimum absolute atomic E-state index is 0.298. The number of hydrogen-bond acceptors (Lipinski definition) is 4. The molecule has 1 aromatic heterocycles. The molecule has 2 aromatic rings. The summed E-state index contributed by atoms with van der Waals surface area (Å²) >= 11 is 25.1. The fourth-order valence-electron chi connectivity index (χ4n) is 3.03. The van der Waals surface area contributed by atoms with Crippen molar-refractivity contribution in [3.63, 3.8) is 0 Å². The molecule has 0 saturated heterocycles. The summed E-state index contributed by atoms with van der Waals surface area (Å²) in [6, 6.07) is 3.14. The van der Waals surface area contributed by atoms with Crippen molar-refractivity contribution in [2.24, 2.45) is 5.92 Å². The SMILES string of the molecule is COC(=O)c1c(NC(=S)Nc2cc(Cl)c(Cl)cc2Cl)sc2c1CCC(C)C2. The van der Waals surface area contributed by atoms with Crippen LogP contribution in [-0.4, -0.2) is 18.2 Å². The van der Waals surface area contributed by atoms with Gasteiger partial charge in [0.2, 0.25) is 0 Å². The third kappa shape index (κ3) is 4.51. The minimum atomic E-state index is -0.361. The largest absolute Gasteiger partial charge is 0.465 e. The Morgan fingerprint density at radius 1 is 1.22 bits per heavy atom. The van der Waals surface area contributed by atoms with E-state index in [1.54, 1.807) is 12.1 Å². The molecule has 0 spiro atoms. The molecule has 1 heterocycles. The smallest absolute Gasteiger partial charge is 0.341 e. The molecule has 1 atom stereocenters. The van der Waals surface area contributed by atoms with E-state index in [2.05, 4.69) is 17.6 Å². The van der Waals surface area contributed by atoms with Crippen LogP contribution in [0.5, 0.6) is 0 Å². The van der Waals surface area contributed by atoms with E-state index in [1.807, 2.05) is 0 Å². The zero-order chi connectivity index (χ0) is 19.7. The van der Waals surface area contributed by atoms with Gasteiger partial charge in [0.05, 0.1) is 33.4 Å². The molecule has 0 radical (unpaired) electrons. The first-order valence-corrected chi connectivity index (χ1v) is 10.6. The van der Waals surface area contributed by atoms with Crippen LogP contribution in [0, 0.1) is 5.92 Å². The number of fused-ring (bicyclic) bond motifs is 1. The third-order valence-electron chi connectivity index (χ3n) is 4.39. The molecule has 27 heavy (non-hydrogen) atoms. The van der Waals surface area contributed by atoms with Crippen molar-refractivity contribution >= 4 is 80.1 Å². The predicted molar refractivity (Wildman–Crippen MR) is 118 cm³/mol. The standard InChI is InChI=1S/C18H17Cl3N2O2S2/c1-8-3-4-9-14(5-8)27-16(15(9)17(24)25-2)23-18(26)22-13-7-11(20)10(19)6-12(13)21/h6-8H,3-5H2,1-2H3,(H2,22,23,26). The second kappa shape index (κ2) is 8.53. The van der Waals surface area contributed by atoms with Crippen molar-refractivity contribution in [2.45, 2.75) is 26.2 Å². The van der Waals surface area contributed by atoms with E-state index >= 15 is 0 Å². The Bertz CT molecular complexity index is 914. The summed E-state index contributed by atoms with van der Waals surface area (Å²) in [7, 11) is 1.38. The Morgan fingerprint density at radius 3 is 2.63 bits per heavy atom. The van der Waals surface area contributed by atoms with Gasteiger partial charge in [-0.25, -0.2) is 4.79 Å². The molecule has 0 bridgehead atoms. The molecule has 1 aromatic carbocycles. The maximum atomic E-state index is 12.4. The van der Waals surface area contributed by atoms with Gasteiger partial charge < -0.3 is 15.4 Å². The maximum Gasteiger partial charge on any atom is 0.341 e. The van der Waals surface area contributed by atoms with E-state index in [9.17, 15) is 4.79 Å². The molecule has 1 aliphatic rings. The number of carbonyl (C=O) groups excluding carboxylic acids is 1. The average molecular weight is 464 g/mol. The number of thiocarbonyl (C=S) groups is 1. The topological polar surface area (TPSA) is 50.4 Å². The summed E-state index contributed by atoms with van der Waals surface area (Å²) < 4.78 is 4.99. The van der Waals surface area contributed by atoms with Gasteiger partial charge in [-0.05, 0) is 55.1 Å². The number of rotatable bonds is 3. The molecule has 2 N–H and O–H groups in total. The van der Waals surface area contributed by atoms with Gasteiger partial charge in [0.15, 0.2) is 5.11 Å². The van der Waals surface area contributed by atoms with E-state index in [0.717, 1.165) is 24.8 Å². The number of anilines is 2. The summed E-state index contributed by atoms with van der Waals surface area (Å²) in [5, 5.41) is 8.20. The number of halogens is 3. The van der Waals surface area contributed by atoms with Gasteiger partial charge in [0, 0.05) is 4.88 Å². The quantitative estimate of drug-likeness (QED) is 0.312. The van der Waals surface area contributed by atoms with Gasteiger partial charge in [-0.3, -0.25) is 0 Å². The molecular weight excluding hydrogens is 447 g/mol. The van der Waals surface area contributed by atoms with Crippen molar-refractivity contribution in [3.05, 3.63) is 43.2 Å². The van der Waals surface area contributed by atoms with Crippen LogP contribution in [0.15, 0.2) is 12.1 Å². The van der Waals surface area contributed by atoms with Crippen molar-refractivity contribution in [2.75, 3.05) is 17.7 Å². The second-order valence-corrected chi connectivity index (χ2v) is 9.11. The van der Waals surface area contributed by atoms with Crippen LogP contribution >= 0.6 is 58.4 Å². The van der Waals surface area contributed by atoms with Crippen LogP contribution in [0.3, 0.4) is 0 Å². The van der Waals surface area contributed by atoms with E-state index in [-0.39, 0.29) is 5.97 Å². The normalized spacial score (nSPS) is 15.8. The van der Waals surface area contributed by atoms with Crippen molar-refractivity contribution < 1.29 is 9.53 Å². The maximum absolute atomic E-state index is 12.4. The van der Waals surface area contributed by atoms with Gasteiger partial charge in [-0.1, -0.05) is 41.7 Å². The van der Waals surface area contributed by atoms with Crippen molar-refractivity contribution in [1.82, 2.24) is 0 Å². The number of thiophene rings is 1. The molecule has 0 amide bonds. The summed E-state index contributed by atoms with van der Waals surface area (Å²) in [6.07, 6.45) is 2.86. The number of nitrogens with one attached hydrogen (secondary N) is 2. The summed E-state index contributed by atoms with van der Waals surface area (Å²) in [5.74, 6) is 0.231. The van der Waals surface area contributed by atoms with Crippen LogP contribution in [0.2, 0.25) is 15.1 Å². The molecule has 0 saturated carbocycles. The lowest BCUT2D eigenvalue weighted by Crippen LogP contribution is -2.20. The van der Waals surface area contributed by atoms with Gasteiger partial charge in [0.25, 0.3) is 0 Å². The first kappa shape index (κ1) is 20.7. The molecule has 144 valence electrons. The Balaban J connectivity index is 1.86. The predicted octanol–water partition coefficient (Wildman–Crippen LogP) is 6.43. The second-order valence-electron chi connectivity index (χ2n) is 6.37. The molecule has 3 rings (SSSR count). The molecule has 1 unspecified atom stereocenters. The molecule has 0 aliphatic heterocycles. The highest BCUT2D eigenvalue weighted by molar-refractivity contribution is 7.80. The van der Waals surface area contributed by atoms with Crippen molar-refractivity contribution in [3.8, 4) is 0 Å². The van der Waals surface area contributed by atoms with Crippen LogP contribution in [0.25, 0.3) is 0 Å². The Hall–Kier alpha value is -1.05. The third-order valence-corrected chi connectivity index (χ3v) is 6.80. The molecular formula is C18H17Cl3N2O2S2. The Morgan fingerprint density at radius 2 is 1.93 bits per heavy atom. The summed E-state index contributed by atoms with van der Waals surface area (Å²) in [5.41, 5.74) is 2.15. The number of hydrogen-bond donors (Lipinski definition) is 2. The van der Waals surface area contributed by atoms with Gasteiger partial charge >= 0.3 is 5.97 Å². The highest BCUT2D eigenvalue weighted by Crippen LogP contribution is 2.40. The zero-order valence-electron chi connectivity index (χ0n) is 14.6. The number of methoxy groups -OCH3 is 1. The monoisotopic (exact) mass is 462 g/mol. The van der Waals surface area contributed by atoms with E-state index in [4.69, 9.17) is 51.8 Å². The Labute approximate surface area is 182 Å².